The normalized spacial score (nSPS) is 16.2. The van der Waals surface area contributed by atoms with E-state index in [0.29, 0.717) is 5.92 Å². The Morgan fingerprint density at radius 1 is 1.00 bits per heavy atom. The lowest BCUT2D eigenvalue weighted by Crippen LogP contribution is -2.28. The fraction of sp³-hybridized carbons (Fsp3) is 0.750. The van der Waals surface area contributed by atoms with Crippen molar-refractivity contribution in [1.29, 1.82) is 0 Å². The molecule has 0 aromatic carbocycles. The van der Waals surface area contributed by atoms with E-state index >= 15 is 0 Å². The van der Waals surface area contributed by atoms with Crippen molar-refractivity contribution in [2.24, 2.45) is 5.92 Å². The summed E-state index contributed by atoms with van der Waals surface area (Å²) < 4.78 is 12.8. The van der Waals surface area contributed by atoms with E-state index in [-0.39, 0.29) is 11.9 Å². The van der Waals surface area contributed by atoms with Gasteiger partial charge in [-0.2, -0.15) is 0 Å². The van der Waals surface area contributed by atoms with Crippen LogP contribution in [0.1, 0.15) is 95.4 Å². The summed E-state index contributed by atoms with van der Waals surface area (Å²) in [5, 5.41) is 6.18. The van der Waals surface area contributed by atoms with E-state index in [2.05, 4.69) is 65.7 Å². The lowest BCUT2D eigenvalue weighted by Gasteiger charge is -2.18. The molecule has 1 aliphatic rings. The Bertz CT molecular complexity index is 282. The van der Waals surface area contributed by atoms with Crippen LogP contribution in [-0.2, 0) is 0 Å². The molecule has 27 heavy (non-hydrogen) atoms. The molecule has 1 unspecified atom stereocenters. The summed E-state index contributed by atoms with van der Waals surface area (Å²) in [4.78, 5) is 0. The minimum Gasteiger partial charge on any atom is -0.385 e. The average molecular weight is 389 g/mol. The maximum Gasteiger partial charge on any atom is 0.119 e. The Morgan fingerprint density at radius 2 is 1.41 bits per heavy atom. The molecule has 0 aromatic rings. The Morgan fingerprint density at radius 3 is 1.70 bits per heavy atom. The predicted octanol–water partition coefficient (Wildman–Crippen LogP) is 8.04. The molecule has 0 bridgehead atoms. The molecule has 166 valence electrons. The highest BCUT2D eigenvalue weighted by Crippen LogP contribution is 2.17. The van der Waals surface area contributed by atoms with Crippen molar-refractivity contribution in [3.05, 3.63) is 36.8 Å². The highest BCUT2D eigenvalue weighted by molar-refractivity contribution is 5.17. The Balaban J connectivity index is -0.0000000901. The van der Waals surface area contributed by atoms with Crippen LogP contribution in [0.25, 0.3) is 0 Å². The molecule has 2 N–H and O–H groups in total. The fourth-order valence-electron chi connectivity index (χ4n) is 1.50. The van der Waals surface area contributed by atoms with Crippen LogP contribution in [0.5, 0.6) is 0 Å². The van der Waals surface area contributed by atoms with Crippen LogP contribution in [-0.4, -0.2) is 19.1 Å². The van der Waals surface area contributed by atoms with Crippen molar-refractivity contribution < 1.29 is 4.39 Å². The minimum absolute atomic E-state index is 0.143. The van der Waals surface area contributed by atoms with Gasteiger partial charge in [-0.25, -0.2) is 4.39 Å². The third-order valence-corrected chi connectivity index (χ3v) is 2.57. The second kappa shape index (κ2) is 39.8. The summed E-state index contributed by atoms with van der Waals surface area (Å²) in [7, 11) is 0. The lowest BCUT2D eigenvalue weighted by molar-refractivity contribution is 0.481. The van der Waals surface area contributed by atoms with Gasteiger partial charge in [0.15, 0.2) is 0 Å². The quantitative estimate of drug-likeness (QED) is 0.509. The van der Waals surface area contributed by atoms with E-state index in [1.165, 1.54) is 18.9 Å². The van der Waals surface area contributed by atoms with E-state index < -0.39 is 0 Å². The fourth-order valence-corrected chi connectivity index (χ4v) is 1.50. The zero-order chi connectivity index (χ0) is 22.5. The standard InChI is InChI=1S/C10H14FN.C4H11N.2C3H8.2C2H6/c1-3-12-10-7-6-9(11)5-4-8(10)2;1-3-5-4-2;2*1-3-2;2*1-2/h3,5-8,10,12H,1,4H2,2H3;5H,3-4H2,1-2H3;2*3H2,1-2H3;2*1-2H3/t8?,10-;;;;;/m1...../s1. The number of halogens is 1. The van der Waals surface area contributed by atoms with Gasteiger partial charge in [-0.1, -0.05) is 102 Å². The van der Waals surface area contributed by atoms with Gasteiger partial charge in [-0.05, 0) is 43.8 Å². The second-order valence-corrected chi connectivity index (χ2v) is 5.43. The lowest BCUT2D eigenvalue weighted by atomic mass is 9.99. The van der Waals surface area contributed by atoms with Crippen LogP contribution in [0.2, 0.25) is 0 Å². The molecule has 0 aromatic heterocycles. The molecule has 1 aliphatic carbocycles. The molecule has 0 heterocycles. The van der Waals surface area contributed by atoms with Gasteiger partial charge in [-0.3, -0.25) is 0 Å². The molecule has 2 nitrogen and oxygen atoms in total. The van der Waals surface area contributed by atoms with Gasteiger partial charge in [0.25, 0.3) is 0 Å². The number of rotatable bonds is 4. The van der Waals surface area contributed by atoms with Crippen molar-refractivity contribution in [1.82, 2.24) is 10.6 Å². The number of hydrogen-bond donors (Lipinski definition) is 2. The van der Waals surface area contributed by atoms with Crippen molar-refractivity contribution in [2.75, 3.05) is 13.1 Å². The van der Waals surface area contributed by atoms with Gasteiger partial charge in [-0.15, -0.1) is 0 Å². The molecule has 0 radical (unpaired) electrons. The average Bonchev–Trinajstić information content (AvgIpc) is 2.83. The third-order valence-electron chi connectivity index (χ3n) is 2.57. The van der Waals surface area contributed by atoms with Gasteiger partial charge in [0, 0.05) is 6.04 Å². The van der Waals surface area contributed by atoms with Gasteiger partial charge in [0.2, 0.25) is 0 Å². The summed E-state index contributed by atoms with van der Waals surface area (Å²) in [5.74, 6) is 0.266. The summed E-state index contributed by atoms with van der Waals surface area (Å²) in [6.07, 6.45) is 9.88. The topological polar surface area (TPSA) is 24.1 Å². The minimum atomic E-state index is -0.143. The maximum atomic E-state index is 12.8. The second-order valence-electron chi connectivity index (χ2n) is 5.43. The van der Waals surface area contributed by atoms with Crippen molar-refractivity contribution in [3.63, 3.8) is 0 Å². The smallest absolute Gasteiger partial charge is 0.119 e. The molecule has 0 saturated carbocycles. The van der Waals surface area contributed by atoms with Gasteiger partial charge in [0.1, 0.15) is 5.83 Å². The van der Waals surface area contributed by atoms with E-state index in [9.17, 15) is 4.39 Å². The number of nitrogens with one attached hydrogen (secondary N) is 2. The summed E-state index contributed by atoms with van der Waals surface area (Å²) in [6.45, 7) is 28.6. The van der Waals surface area contributed by atoms with Gasteiger partial charge < -0.3 is 10.6 Å². The van der Waals surface area contributed by atoms with Crippen molar-refractivity contribution in [3.8, 4) is 0 Å². The number of allylic oxidation sites excluding steroid dienone is 3. The van der Waals surface area contributed by atoms with Crippen LogP contribution >= 0.6 is 0 Å². The van der Waals surface area contributed by atoms with E-state index in [4.69, 9.17) is 0 Å². The first-order valence-corrected chi connectivity index (χ1v) is 11.1. The molecule has 0 amide bonds. The molecule has 0 aliphatic heterocycles. The zero-order valence-corrected chi connectivity index (χ0v) is 20.6. The first-order chi connectivity index (χ1) is 13.0. The van der Waals surface area contributed by atoms with E-state index in [0.717, 1.165) is 19.5 Å². The monoisotopic (exact) mass is 388 g/mol. The largest absolute Gasteiger partial charge is 0.385 e. The third kappa shape index (κ3) is 40.8. The first-order valence-electron chi connectivity index (χ1n) is 11.1. The molecule has 0 spiro atoms. The van der Waals surface area contributed by atoms with Crippen LogP contribution in [0, 0.1) is 5.92 Å². The first kappa shape index (κ1) is 36.8. The molecule has 1 rings (SSSR count). The molecular formula is C24H53FN2. The Hall–Kier alpha value is -1.09. The molecular weight excluding hydrogens is 335 g/mol. The summed E-state index contributed by atoms with van der Waals surface area (Å²) in [5.41, 5.74) is 0. The zero-order valence-electron chi connectivity index (χ0n) is 20.6. The SMILES string of the molecule is C=CN[C@@H]1C=CC(F)=CCC1C.CC.CC.CCC.CCC.CCNCC. The van der Waals surface area contributed by atoms with E-state index in [1.807, 2.05) is 33.8 Å². The Kier molecular flexibility index (Phi) is 54.2. The van der Waals surface area contributed by atoms with Crippen molar-refractivity contribution in [2.45, 2.75) is 101 Å². The number of hydrogen-bond acceptors (Lipinski definition) is 2. The molecule has 0 fully saturated rings. The van der Waals surface area contributed by atoms with Crippen LogP contribution < -0.4 is 10.6 Å². The van der Waals surface area contributed by atoms with Crippen molar-refractivity contribution >= 4 is 0 Å². The van der Waals surface area contributed by atoms with Gasteiger partial charge >= 0.3 is 0 Å². The molecule has 2 atom stereocenters. The van der Waals surface area contributed by atoms with E-state index in [1.54, 1.807) is 12.3 Å². The summed E-state index contributed by atoms with van der Waals surface area (Å²) in [6, 6.07) is 0.201. The molecule has 0 saturated heterocycles. The highest BCUT2D eigenvalue weighted by Gasteiger charge is 2.14. The van der Waals surface area contributed by atoms with Gasteiger partial charge in [0.05, 0.1) is 0 Å². The van der Waals surface area contributed by atoms with Crippen LogP contribution in [0.3, 0.4) is 0 Å². The molecule has 3 heteroatoms. The van der Waals surface area contributed by atoms with Crippen LogP contribution in [0.4, 0.5) is 4.39 Å². The predicted molar refractivity (Wildman–Crippen MR) is 128 cm³/mol. The van der Waals surface area contributed by atoms with Crippen LogP contribution in [0.15, 0.2) is 36.8 Å². The maximum absolute atomic E-state index is 12.8. The Labute approximate surface area is 172 Å². The highest BCUT2D eigenvalue weighted by atomic mass is 19.1. The summed E-state index contributed by atoms with van der Waals surface area (Å²) >= 11 is 0.